The third-order valence-electron chi connectivity index (χ3n) is 2.53. The monoisotopic (exact) mass is 269 g/mol. The van der Waals surface area contributed by atoms with Crippen molar-refractivity contribution in [3.05, 3.63) is 53.9 Å². The molecule has 0 bridgehead atoms. The van der Waals surface area contributed by atoms with Gasteiger partial charge in [-0.1, -0.05) is 18.2 Å². The lowest BCUT2D eigenvalue weighted by atomic mass is 10.2. The summed E-state index contributed by atoms with van der Waals surface area (Å²) in [5.74, 6) is 0.853. The van der Waals surface area contributed by atoms with Crippen LogP contribution in [0.4, 0.5) is 5.69 Å². The van der Waals surface area contributed by atoms with Crippen molar-refractivity contribution in [2.45, 2.75) is 20.0 Å². The number of hydrogen-bond acceptors (Lipinski definition) is 3. The van der Waals surface area contributed by atoms with Gasteiger partial charge in [0.15, 0.2) is 0 Å². The summed E-state index contributed by atoms with van der Waals surface area (Å²) >= 11 is 0. The van der Waals surface area contributed by atoms with Crippen LogP contribution in [0.25, 0.3) is 0 Å². The predicted octanol–water partition coefficient (Wildman–Crippen LogP) is 3.77. The van der Waals surface area contributed by atoms with Crippen molar-refractivity contribution in [2.24, 2.45) is 4.99 Å². The quantitative estimate of drug-likeness (QED) is 0.625. The fourth-order valence-corrected chi connectivity index (χ4v) is 2.29. The molecule has 0 saturated heterocycles. The van der Waals surface area contributed by atoms with Crippen LogP contribution in [0.2, 0.25) is 13.1 Å². The first-order chi connectivity index (χ1) is 9.16. The van der Waals surface area contributed by atoms with Crippen LogP contribution in [-0.2, 0) is 0 Å². The van der Waals surface area contributed by atoms with Gasteiger partial charge in [0, 0.05) is 6.20 Å². The average molecular weight is 269 g/mol. The van der Waals surface area contributed by atoms with E-state index in [1.165, 1.54) is 0 Å². The van der Waals surface area contributed by atoms with Crippen molar-refractivity contribution in [3.63, 3.8) is 0 Å². The zero-order valence-electron chi connectivity index (χ0n) is 11.4. The summed E-state index contributed by atoms with van der Waals surface area (Å²) in [7, 11) is -0.797. The molecule has 4 heteroatoms. The third kappa shape index (κ3) is 3.76. The van der Waals surface area contributed by atoms with Crippen LogP contribution in [0.15, 0.2) is 47.6 Å². The molecule has 1 aromatic heterocycles. The van der Waals surface area contributed by atoms with Gasteiger partial charge in [0.2, 0.25) is 0 Å². The topological polar surface area (TPSA) is 34.5 Å². The Balaban J connectivity index is 2.31. The Morgan fingerprint density at radius 1 is 1.16 bits per heavy atom. The molecule has 0 amide bonds. The van der Waals surface area contributed by atoms with Crippen LogP contribution in [0.5, 0.6) is 5.75 Å². The van der Waals surface area contributed by atoms with E-state index in [1.807, 2.05) is 43.3 Å². The molecular weight excluding hydrogens is 252 g/mol. The zero-order chi connectivity index (χ0) is 13.7. The van der Waals surface area contributed by atoms with Crippen molar-refractivity contribution in [1.29, 1.82) is 0 Å². The van der Waals surface area contributed by atoms with Crippen LogP contribution >= 0.6 is 0 Å². The lowest BCUT2D eigenvalue weighted by Gasteiger charge is -2.12. The number of benzene rings is 1. The van der Waals surface area contributed by atoms with Crippen molar-refractivity contribution < 1.29 is 4.43 Å². The minimum Gasteiger partial charge on any atom is -0.541 e. The minimum atomic E-state index is -0.797. The average Bonchev–Trinajstić information content (AvgIpc) is 2.38. The molecule has 2 rings (SSSR count). The number of aryl methyl sites for hydroxylation is 1. The first-order valence-electron chi connectivity index (χ1n) is 6.19. The molecule has 0 aliphatic carbocycles. The lowest BCUT2D eigenvalue weighted by Crippen LogP contribution is -2.11. The standard InChI is InChI=1S/C15H17N2OSi/c1-12-7-6-9-14(18-19(2)3)15(12)17-11-13-8-4-5-10-16-13/h4-11H,1-3H3. The maximum atomic E-state index is 5.88. The number of pyridine rings is 1. The van der Waals surface area contributed by atoms with Crippen molar-refractivity contribution in [2.75, 3.05) is 0 Å². The van der Waals surface area contributed by atoms with Gasteiger partial charge in [-0.2, -0.15) is 0 Å². The lowest BCUT2D eigenvalue weighted by molar-refractivity contribution is 0.581. The van der Waals surface area contributed by atoms with Crippen molar-refractivity contribution >= 4 is 20.9 Å². The second-order valence-electron chi connectivity index (χ2n) is 4.44. The van der Waals surface area contributed by atoms with Gasteiger partial charge in [0.05, 0.1) is 11.9 Å². The number of hydrogen-bond donors (Lipinski definition) is 0. The van der Waals surface area contributed by atoms with Gasteiger partial charge in [-0.25, -0.2) is 0 Å². The molecule has 0 fully saturated rings. The van der Waals surface area contributed by atoms with E-state index in [-0.39, 0.29) is 0 Å². The summed E-state index contributed by atoms with van der Waals surface area (Å²) < 4.78 is 5.88. The van der Waals surface area contributed by atoms with Crippen LogP contribution in [0.1, 0.15) is 11.3 Å². The van der Waals surface area contributed by atoms with Gasteiger partial charge in [-0.3, -0.25) is 9.98 Å². The van der Waals surface area contributed by atoms with Crippen molar-refractivity contribution in [1.82, 2.24) is 4.98 Å². The van der Waals surface area contributed by atoms with Gasteiger partial charge in [0.25, 0.3) is 9.04 Å². The summed E-state index contributed by atoms with van der Waals surface area (Å²) in [6, 6.07) is 11.8. The van der Waals surface area contributed by atoms with E-state index in [0.717, 1.165) is 22.7 Å². The molecule has 2 aromatic rings. The highest BCUT2D eigenvalue weighted by Gasteiger charge is 2.07. The smallest absolute Gasteiger partial charge is 0.274 e. The summed E-state index contributed by atoms with van der Waals surface area (Å²) in [5, 5.41) is 0. The van der Waals surface area contributed by atoms with E-state index in [2.05, 4.69) is 23.1 Å². The largest absolute Gasteiger partial charge is 0.541 e. The fourth-order valence-electron chi connectivity index (χ4n) is 1.68. The third-order valence-corrected chi connectivity index (χ3v) is 3.16. The van der Waals surface area contributed by atoms with Gasteiger partial charge < -0.3 is 4.43 Å². The molecule has 3 nitrogen and oxygen atoms in total. The van der Waals surface area contributed by atoms with E-state index in [0.29, 0.717) is 0 Å². The molecule has 0 N–H and O–H groups in total. The second kappa shape index (κ2) is 6.29. The summed E-state index contributed by atoms with van der Waals surface area (Å²) in [4.78, 5) is 8.76. The summed E-state index contributed by atoms with van der Waals surface area (Å²) in [5.41, 5.74) is 2.84. The van der Waals surface area contributed by atoms with E-state index >= 15 is 0 Å². The first-order valence-corrected chi connectivity index (χ1v) is 8.60. The van der Waals surface area contributed by atoms with Crippen molar-refractivity contribution in [3.8, 4) is 5.75 Å². The minimum absolute atomic E-state index is 0.797. The molecule has 0 aliphatic rings. The van der Waals surface area contributed by atoms with Crippen LogP contribution < -0.4 is 4.43 Å². The van der Waals surface area contributed by atoms with Gasteiger partial charge in [-0.05, 0) is 43.8 Å². The SMILES string of the molecule is Cc1cccc(O[Si](C)C)c1N=Cc1ccccn1. The van der Waals surface area contributed by atoms with Crippen LogP contribution in [0.3, 0.4) is 0 Å². The maximum absolute atomic E-state index is 5.88. The Bertz CT molecular complexity index is 568. The number of nitrogens with zero attached hydrogens (tertiary/aromatic N) is 2. The van der Waals surface area contributed by atoms with E-state index < -0.39 is 9.04 Å². The summed E-state index contributed by atoms with van der Waals surface area (Å²) in [6.07, 6.45) is 3.53. The molecule has 1 heterocycles. The molecule has 0 saturated carbocycles. The second-order valence-corrected chi connectivity index (χ2v) is 6.47. The predicted molar refractivity (Wildman–Crippen MR) is 80.8 cm³/mol. The molecule has 0 atom stereocenters. The van der Waals surface area contributed by atoms with Gasteiger partial charge in [0.1, 0.15) is 11.4 Å². The van der Waals surface area contributed by atoms with E-state index in [1.54, 1.807) is 12.4 Å². The Labute approximate surface area is 115 Å². The highest BCUT2D eigenvalue weighted by Crippen LogP contribution is 2.31. The van der Waals surface area contributed by atoms with Crippen LogP contribution in [0, 0.1) is 6.92 Å². The molecule has 97 valence electrons. The normalized spacial score (nSPS) is 11.2. The number of aromatic nitrogens is 1. The van der Waals surface area contributed by atoms with E-state index in [4.69, 9.17) is 4.43 Å². The van der Waals surface area contributed by atoms with E-state index in [9.17, 15) is 0 Å². The highest BCUT2D eigenvalue weighted by molar-refractivity contribution is 6.49. The Kier molecular flexibility index (Phi) is 4.47. The number of rotatable bonds is 4. The number of para-hydroxylation sites is 1. The molecule has 0 aliphatic heterocycles. The fraction of sp³-hybridized carbons (Fsp3) is 0.200. The Hall–Kier alpha value is -1.94. The molecular formula is C15H17N2OSi. The van der Waals surface area contributed by atoms with Gasteiger partial charge >= 0.3 is 0 Å². The Morgan fingerprint density at radius 3 is 2.68 bits per heavy atom. The first kappa shape index (κ1) is 13.5. The highest BCUT2D eigenvalue weighted by atomic mass is 28.3. The Morgan fingerprint density at radius 2 is 2.00 bits per heavy atom. The molecule has 0 spiro atoms. The molecule has 19 heavy (non-hydrogen) atoms. The molecule has 1 aromatic carbocycles. The van der Waals surface area contributed by atoms with Crippen LogP contribution in [-0.4, -0.2) is 20.2 Å². The summed E-state index contributed by atoms with van der Waals surface area (Å²) in [6.45, 7) is 6.26. The molecule has 1 radical (unpaired) electrons. The number of aliphatic imine (C=N–C) groups is 1. The zero-order valence-corrected chi connectivity index (χ0v) is 12.4. The maximum Gasteiger partial charge on any atom is 0.274 e. The van der Waals surface area contributed by atoms with Gasteiger partial charge in [-0.15, -0.1) is 0 Å². The molecule has 0 unspecified atom stereocenters.